The number of amides is 1. The zero-order valence-electron chi connectivity index (χ0n) is 11.1. The van der Waals surface area contributed by atoms with E-state index < -0.39 is 26.1 Å². The molecule has 2 aliphatic heterocycles. The van der Waals surface area contributed by atoms with Gasteiger partial charge in [0.1, 0.15) is 19.3 Å². The third kappa shape index (κ3) is 3.76. The smallest absolute Gasteiger partial charge is 0.449 e. The van der Waals surface area contributed by atoms with Gasteiger partial charge in [-0.2, -0.15) is 14.9 Å². The Morgan fingerprint density at radius 2 is 2.41 bits per heavy atom. The number of nitrogens with zero attached hydrogens (tertiary/aromatic N) is 3. The number of halogens is 1. The first-order chi connectivity index (χ1) is 10.3. The number of nitrogens with two attached hydrogens (primary N) is 1. The monoisotopic (exact) mass is 402 g/mol. The highest BCUT2D eigenvalue weighted by atomic mass is 79.9. The molecule has 0 saturated carbocycles. The molecule has 14 heteroatoms. The summed E-state index contributed by atoms with van der Waals surface area (Å²) in [6, 6.07) is 0. The van der Waals surface area contributed by atoms with Gasteiger partial charge in [-0.05, 0) is 4.62 Å². The minimum atomic E-state index is -3.67. The van der Waals surface area contributed by atoms with Crippen LogP contribution in [0.3, 0.4) is 0 Å². The first-order valence-electron chi connectivity index (χ1n) is 5.83. The predicted molar refractivity (Wildman–Crippen MR) is 73.1 cm³/mol. The number of primary amides is 1. The number of quaternary nitrogens is 1. The van der Waals surface area contributed by atoms with Crippen LogP contribution in [0.25, 0.3) is 0 Å². The fourth-order valence-electron chi connectivity index (χ4n) is 1.53. The number of carbonyl (C=O) groups is 1. The van der Waals surface area contributed by atoms with Gasteiger partial charge in [-0.25, -0.2) is 0 Å². The number of aliphatic imine (C=N–C) groups is 1. The van der Waals surface area contributed by atoms with E-state index in [4.69, 9.17) is 19.5 Å². The molecule has 0 aromatic carbocycles. The minimum absolute atomic E-state index is 0.110. The van der Waals surface area contributed by atoms with Crippen molar-refractivity contribution in [2.75, 3.05) is 18.5 Å². The van der Waals surface area contributed by atoms with Gasteiger partial charge in [-0.1, -0.05) is 25.9 Å². The van der Waals surface area contributed by atoms with Gasteiger partial charge >= 0.3 is 25.8 Å². The Morgan fingerprint density at radius 3 is 2.86 bits per heavy atom. The Morgan fingerprint density at radius 1 is 1.77 bits per heavy atom. The van der Waals surface area contributed by atoms with Gasteiger partial charge < -0.3 is 20.5 Å². The molecule has 1 radical (unpaired) electrons. The molecular weight excluding hydrogens is 389 g/mol. The molecule has 6 N–H and O–H groups in total. The number of aliphatic hydroxyl groups is 1. The molecule has 0 spiro atoms. The number of phosphoric acid groups is 1. The highest BCUT2D eigenvalue weighted by Crippen LogP contribution is 2.53. The molecule has 0 aromatic rings. The fraction of sp³-hybridized carbons (Fsp3) is 0.625. The lowest BCUT2D eigenvalue weighted by atomic mass is 10.4. The maximum Gasteiger partial charge on any atom is 0.449 e. The van der Waals surface area contributed by atoms with Crippen molar-refractivity contribution < 1.29 is 39.1 Å². The molecule has 123 valence electrons. The van der Waals surface area contributed by atoms with E-state index in [9.17, 15) is 14.8 Å². The zero-order chi connectivity index (χ0) is 16.4. The van der Waals surface area contributed by atoms with E-state index in [2.05, 4.69) is 36.5 Å². The molecule has 1 saturated heterocycles. The first kappa shape index (κ1) is 17.6. The Bertz CT molecular complexity index is 499. The third-order valence-electron chi connectivity index (χ3n) is 2.59. The van der Waals surface area contributed by atoms with Crippen LogP contribution in [0.4, 0.5) is 0 Å². The summed E-state index contributed by atoms with van der Waals surface area (Å²) in [7, 11) is -3.67. The Hall–Kier alpha value is -0.760. The van der Waals surface area contributed by atoms with Gasteiger partial charge in [-0.3, -0.25) is 4.79 Å². The molecular formula is C8H14BrN5O7P+2. The fourth-order valence-corrected chi connectivity index (χ4v) is 2.85. The van der Waals surface area contributed by atoms with Crippen LogP contribution >= 0.6 is 24.1 Å². The maximum absolute atomic E-state index is 11.6. The van der Waals surface area contributed by atoms with Crippen molar-refractivity contribution in [2.24, 2.45) is 10.8 Å². The van der Waals surface area contributed by atoms with Gasteiger partial charge in [0, 0.05) is 0 Å². The largest absolute Gasteiger partial charge is 0.601 e. The lowest BCUT2D eigenvalue weighted by molar-refractivity contribution is -0.656. The van der Waals surface area contributed by atoms with Crippen molar-refractivity contribution in [3.63, 3.8) is 0 Å². The van der Waals surface area contributed by atoms with Crippen molar-refractivity contribution in [3.8, 4) is 0 Å². The molecule has 2 aliphatic rings. The number of phosphoric ester groups is 1. The van der Waals surface area contributed by atoms with E-state index in [0.717, 1.165) is 11.3 Å². The number of ether oxygens (including phenoxy) is 1. The van der Waals surface area contributed by atoms with Crippen molar-refractivity contribution in [1.29, 1.82) is 0 Å². The second kappa shape index (κ2) is 6.78. The summed E-state index contributed by atoms with van der Waals surface area (Å²) >= 11 is 3.07. The summed E-state index contributed by atoms with van der Waals surface area (Å²) in [5.41, 5.74) is 5.04. The van der Waals surface area contributed by atoms with E-state index in [1.807, 2.05) is 0 Å². The number of hydrogen-bond donors (Lipinski definition) is 3. The van der Waals surface area contributed by atoms with E-state index in [1.165, 1.54) is 0 Å². The average Bonchev–Trinajstić information content (AvgIpc) is 3.00. The highest BCUT2D eigenvalue weighted by Gasteiger charge is 2.50. The second-order valence-electron chi connectivity index (χ2n) is 4.16. The molecule has 0 bridgehead atoms. The van der Waals surface area contributed by atoms with Crippen LogP contribution in [0.15, 0.2) is 5.10 Å². The third-order valence-corrected chi connectivity index (χ3v) is 4.57. The van der Waals surface area contributed by atoms with Crippen molar-refractivity contribution in [3.05, 3.63) is 0 Å². The molecule has 2 heterocycles. The second-order valence-corrected chi connectivity index (χ2v) is 6.39. The van der Waals surface area contributed by atoms with Gasteiger partial charge in [0.25, 0.3) is 6.34 Å². The Balaban J connectivity index is 2.01. The SMILES string of the molecule is NC(=O)C1=NN([C@](O)(CBr)OC2CO[P+]([O-])(O[NH3+])OC2)C=[N+]1. The average molecular weight is 403 g/mol. The quantitative estimate of drug-likeness (QED) is 0.174. The summed E-state index contributed by atoms with van der Waals surface area (Å²) < 4.78 is 19.5. The summed E-state index contributed by atoms with van der Waals surface area (Å²) in [4.78, 5) is 26.2. The molecule has 0 unspecified atom stereocenters. The Labute approximate surface area is 133 Å². The number of hydrazone groups is 1. The normalized spacial score (nSPS) is 31.0. The molecule has 22 heavy (non-hydrogen) atoms. The summed E-state index contributed by atoms with van der Waals surface area (Å²) in [5, 5.41) is 15.0. The van der Waals surface area contributed by atoms with Crippen molar-refractivity contribution in [1.82, 2.24) is 10.0 Å². The van der Waals surface area contributed by atoms with E-state index >= 15 is 0 Å². The van der Waals surface area contributed by atoms with E-state index in [0.29, 0.717) is 0 Å². The van der Waals surface area contributed by atoms with Crippen LogP contribution in [0.2, 0.25) is 0 Å². The summed E-state index contributed by atoms with van der Waals surface area (Å²) in [5.74, 6) is -0.131. The first-order valence-corrected chi connectivity index (χ1v) is 8.41. The molecule has 2 rings (SSSR count). The number of hydrogen-bond acceptors (Lipinski definition) is 10. The highest BCUT2D eigenvalue weighted by molar-refractivity contribution is 9.09. The van der Waals surface area contributed by atoms with Crippen molar-refractivity contribution in [2.45, 2.75) is 12.0 Å². The van der Waals surface area contributed by atoms with Crippen LogP contribution in [0.5, 0.6) is 0 Å². The summed E-state index contributed by atoms with van der Waals surface area (Å²) in [6.07, 6.45) is 0.302. The van der Waals surface area contributed by atoms with Gasteiger partial charge in [-0.15, -0.1) is 0 Å². The van der Waals surface area contributed by atoms with Crippen LogP contribution in [-0.4, -0.2) is 58.8 Å². The lowest BCUT2D eigenvalue weighted by Crippen LogP contribution is -2.55. The molecule has 0 aromatic heterocycles. The van der Waals surface area contributed by atoms with Crippen LogP contribution in [-0.2, 0) is 23.2 Å². The number of amidine groups is 1. The number of rotatable bonds is 6. The number of alkyl halides is 1. The maximum atomic E-state index is 11.6. The van der Waals surface area contributed by atoms with Crippen LogP contribution in [0.1, 0.15) is 0 Å². The van der Waals surface area contributed by atoms with Gasteiger partial charge in [0.05, 0.1) is 10.4 Å². The topological polar surface area (TPSA) is 181 Å². The molecule has 12 nitrogen and oxygen atoms in total. The standard InChI is InChI=1S/C8H13BrN5O7P/c9-3-8(16,14-4-12-7(13-14)6(10)15)20-5-1-18-22(17,21-11)19-2-5/h4-5,16H,1-3H2,11H3,(H-,10,15)/q+1/p+1/t5?,8-,22?/m0/s1. The van der Waals surface area contributed by atoms with Crippen LogP contribution in [0, 0.1) is 0 Å². The molecule has 1 amide bonds. The zero-order valence-corrected chi connectivity index (χ0v) is 13.6. The minimum Gasteiger partial charge on any atom is -0.601 e. The summed E-state index contributed by atoms with van der Waals surface area (Å²) in [6.45, 7) is -0.334. The number of carbonyl (C=O) groups excluding carboxylic acids is 1. The van der Waals surface area contributed by atoms with Crippen LogP contribution < -0.4 is 21.5 Å². The molecule has 1 fully saturated rings. The lowest BCUT2D eigenvalue weighted by Gasteiger charge is -2.33. The van der Waals surface area contributed by atoms with E-state index in [1.54, 1.807) is 0 Å². The van der Waals surface area contributed by atoms with Gasteiger partial charge in [0.2, 0.25) is 0 Å². The molecule has 0 aliphatic carbocycles. The van der Waals surface area contributed by atoms with Gasteiger partial charge in [0.15, 0.2) is 0 Å². The Kier molecular flexibility index (Phi) is 5.42. The molecule has 1 atom stereocenters. The van der Waals surface area contributed by atoms with Crippen molar-refractivity contribution >= 4 is 42.2 Å². The predicted octanol–water partition coefficient (Wildman–Crippen LogP) is -3.85. The van der Waals surface area contributed by atoms with E-state index in [-0.39, 0.29) is 24.4 Å².